The number of hydrogen-bond donors (Lipinski definition) is 1. The van der Waals surface area contributed by atoms with Gasteiger partial charge >= 0.3 is 12.1 Å². The van der Waals surface area contributed by atoms with Gasteiger partial charge in [-0.3, -0.25) is 0 Å². The van der Waals surface area contributed by atoms with E-state index in [4.69, 9.17) is 5.11 Å². The highest BCUT2D eigenvalue weighted by molar-refractivity contribution is 5.85. The first-order chi connectivity index (χ1) is 8.35. The van der Waals surface area contributed by atoms with Crippen LogP contribution in [0, 0.1) is 0 Å². The van der Waals surface area contributed by atoms with Crippen molar-refractivity contribution in [3.05, 3.63) is 24.0 Å². The van der Waals surface area contributed by atoms with Crippen LogP contribution in [0.1, 0.15) is 10.5 Å². The Morgan fingerprint density at radius 3 is 2.78 bits per heavy atom. The molecule has 2 rings (SSSR count). The standard InChI is InChI=1S/C9H6F3N3O3/c10-9(11,12)4-18-7-2-1-6-13-5(8(16)17)3-15(6)14-7/h1-3H,4H2,(H,16,17). The van der Waals surface area contributed by atoms with Gasteiger partial charge in [-0.15, -0.1) is 5.10 Å². The summed E-state index contributed by atoms with van der Waals surface area (Å²) in [4.78, 5) is 14.3. The molecule has 9 heteroatoms. The summed E-state index contributed by atoms with van der Waals surface area (Å²) in [5, 5.41) is 12.3. The van der Waals surface area contributed by atoms with Crippen molar-refractivity contribution in [2.45, 2.75) is 6.18 Å². The maximum Gasteiger partial charge on any atom is 0.422 e. The molecule has 0 atom stereocenters. The number of alkyl halides is 3. The van der Waals surface area contributed by atoms with Crippen molar-refractivity contribution in [2.24, 2.45) is 0 Å². The van der Waals surface area contributed by atoms with Gasteiger partial charge < -0.3 is 9.84 Å². The Morgan fingerprint density at radius 2 is 2.17 bits per heavy atom. The molecule has 0 radical (unpaired) electrons. The number of carboxylic acids is 1. The Bertz CT molecular complexity index is 593. The number of imidazole rings is 1. The molecule has 0 saturated carbocycles. The van der Waals surface area contributed by atoms with Gasteiger partial charge in [0.25, 0.3) is 0 Å². The summed E-state index contributed by atoms with van der Waals surface area (Å²) >= 11 is 0. The number of nitrogens with zero attached hydrogens (tertiary/aromatic N) is 3. The molecule has 0 spiro atoms. The van der Waals surface area contributed by atoms with E-state index in [1.807, 2.05) is 0 Å². The van der Waals surface area contributed by atoms with Crippen LogP contribution in [-0.4, -0.2) is 38.5 Å². The van der Waals surface area contributed by atoms with E-state index < -0.39 is 18.8 Å². The summed E-state index contributed by atoms with van der Waals surface area (Å²) in [6.07, 6.45) is -3.38. The van der Waals surface area contributed by atoms with Crippen LogP contribution < -0.4 is 4.74 Å². The van der Waals surface area contributed by atoms with E-state index in [0.717, 1.165) is 10.7 Å². The van der Waals surface area contributed by atoms with Crippen molar-refractivity contribution < 1.29 is 27.8 Å². The molecule has 0 aliphatic rings. The molecular weight excluding hydrogens is 255 g/mol. The second kappa shape index (κ2) is 4.17. The molecular formula is C9H6F3N3O3. The van der Waals surface area contributed by atoms with Crippen molar-refractivity contribution in [3.8, 4) is 5.88 Å². The van der Waals surface area contributed by atoms with Gasteiger partial charge in [0.2, 0.25) is 5.88 Å². The SMILES string of the molecule is O=C(O)c1cn2nc(OCC(F)(F)F)ccc2n1. The molecule has 0 saturated heterocycles. The maximum atomic E-state index is 11.9. The van der Waals surface area contributed by atoms with E-state index in [2.05, 4.69) is 14.8 Å². The predicted molar refractivity (Wildman–Crippen MR) is 51.5 cm³/mol. The Labute approximate surface area is 97.6 Å². The lowest BCUT2D eigenvalue weighted by molar-refractivity contribution is -0.154. The number of halogens is 3. The zero-order valence-electron chi connectivity index (χ0n) is 8.68. The van der Waals surface area contributed by atoms with E-state index in [-0.39, 0.29) is 17.2 Å². The first-order valence-electron chi connectivity index (χ1n) is 4.64. The molecule has 0 bridgehead atoms. The summed E-state index contributed by atoms with van der Waals surface area (Å²) in [5.41, 5.74) is -0.0535. The predicted octanol–water partition coefficient (Wildman–Crippen LogP) is 1.37. The highest BCUT2D eigenvalue weighted by atomic mass is 19.4. The first-order valence-corrected chi connectivity index (χ1v) is 4.64. The topological polar surface area (TPSA) is 76.7 Å². The van der Waals surface area contributed by atoms with Crippen molar-refractivity contribution in [1.29, 1.82) is 0 Å². The number of hydrogen-bond acceptors (Lipinski definition) is 4. The second-order valence-corrected chi connectivity index (χ2v) is 3.31. The van der Waals surface area contributed by atoms with Gasteiger partial charge in [-0.1, -0.05) is 0 Å². The second-order valence-electron chi connectivity index (χ2n) is 3.31. The van der Waals surface area contributed by atoms with E-state index >= 15 is 0 Å². The van der Waals surface area contributed by atoms with Crippen LogP contribution in [0.25, 0.3) is 5.65 Å². The minimum absolute atomic E-state index is 0.201. The quantitative estimate of drug-likeness (QED) is 0.902. The molecule has 18 heavy (non-hydrogen) atoms. The molecule has 2 heterocycles. The molecule has 0 aliphatic heterocycles. The van der Waals surface area contributed by atoms with E-state index in [9.17, 15) is 18.0 Å². The van der Waals surface area contributed by atoms with Crippen LogP contribution >= 0.6 is 0 Å². The lowest BCUT2D eigenvalue weighted by Gasteiger charge is -2.07. The number of carboxylic acid groups (broad SMARTS) is 1. The number of aromatic nitrogens is 3. The lowest BCUT2D eigenvalue weighted by Crippen LogP contribution is -2.19. The molecule has 2 aromatic rings. The molecule has 96 valence electrons. The van der Waals surface area contributed by atoms with E-state index in [1.54, 1.807) is 0 Å². The third kappa shape index (κ3) is 2.67. The molecule has 0 aromatic carbocycles. The molecule has 0 amide bonds. The summed E-state index contributed by atoms with van der Waals surface area (Å²) in [7, 11) is 0. The van der Waals surface area contributed by atoms with Crippen molar-refractivity contribution in [3.63, 3.8) is 0 Å². The fraction of sp³-hybridized carbons (Fsp3) is 0.222. The average molecular weight is 261 g/mol. The summed E-state index contributed by atoms with van der Waals surface area (Å²) in [6.45, 7) is -1.47. The molecule has 0 aliphatic carbocycles. The fourth-order valence-electron chi connectivity index (χ4n) is 1.20. The van der Waals surface area contributed by atoms with Crippen molar-refractivity contribution >= 4 is 11.6 Å². The average Bonchev–Trinajstić information content (AvgIpc) is 2.68. The summed E-state index contributed by atoms with van der Waals surface area (Å²) < 4.78 is 41.2. The minimum Gasteiger partial charge on any atom is -0.476 e. The Morgan fingerprint density at radius 1 is 1.44 bits per heavy atom. The Kier molecular flexibility index (Phi) is 2.81. The zero-order chi connectivity index (χ0) is 13.3. The minimum atomic E-state index is -4.46. The van der Waals surface area contributed by atoms with Gasteiger partial charge in [-0.2, -0.15) is 13.2 Å². The van der Waals surface area contributed by atoms with Crippen LogP contribution in [-0.2, 0) is 0 Å². The third-order valence-electron chi connectivity index (χ3n) is 1.90. The van der Waals surface area contributed by atoms with Gasteiger partial charge in [-0.25, -0.2) is 14.3 Å². The van der Waals surface area contributed by atoms with Crippen LogP contribution in [0.4, 0.5) is 13.2 Å². The Hall–Kier alpha value is -2.32. The monoisotopic (exact) mass is 261 g/mol. The van der Waals surface area contributed by atoms with Crippen LogP contribution in [0.2, 0.25) is 0 Å². The van der Waals surface area contributed by atoms with Gasteiger partial charge in [0.15, 0.2) is 17.9 Å². The van der Waals surface area contributed by atoms with Gasteiger partial charge in [0, 0.05) is 6.07 Å². The number of ether oxygens (including phenoxy) is 1. The molecule has 0 unspecified atom stereocenters. The van der Waals surface area contributed by atoms with Crippen LogP contribution in [0.3, 0.4) is 0 Å². The molecule has 1 N–H and O–H groups in total. The smallest absolute Gasteiger partial charge is 0.422 e. The zero-order valence-corrected chi connectivity index (χ0v) is 8.68. The Balaban J connectivity index is 2.24. The normalized spacial score (nSPS) is 11.7. The lowest BCUT2D eigenvalue weighted by atomic mass is 10.5. The van der Waals surface area contributed by atoms with Gasteiger partial charge in [-0.05, 0) is 6.07 Å². The van der Waals surface area contributed by atoms with Gasteiger partial charge in [0.1, 0.15) is 0 Å². The summed E-state index contributed by atoms with van der Waals surface area (Å²) in [6, 6.07) is 2.49. The maximum absolute atomic E-state index is 11.9. The molecule has 6 nitrogen and oxygen atoms in total. The number of rotatable bonds is 3. The number of carbonyl (C=O) groups is 1. The first kappa shape index (κ1) is 12.1. The third-order valence-corrected chi connectivity index (χ3v) is 1.90. The van der Waals surface area contributed by atoms with Gasteiger partial charge in [0.05, 0.1) is 6.20 Å². The fourth-order valence-corrected chi connectivity index (χ4v) is 1.20. The van der Waals surface area contributed by atoms with E-state index in [1.165, 1.54) is 12.1 Å². The van der Waals surface area contributed by atoms with Crippen molar-refractivity contribution in [1.82, 2.24) is 14.6 Å². The highest BCUT2D eigenvalue weighted by Crippen LogP contribution is 2.17. The number of aromatic carboxylic acids is 1. The number of fused-ring (bicyclic) bond motifs is 1. The van der Waals surface area contributed by atoms with Crippen molar-refractivity contribution in [2.75, 3.05) is 6.61 Å². The summed E-state index contributed by atoms with van der Waals surface area (Å²) in [5.74, 6) is -1.52. The van der Waals surface area contributed by atoms with Crippen LogP contribution in [0.15, 0.2) is 18.3 Å². The largest absolute Gasteiger partial charge is 0.476 e. The van der Waals surface area contributed by atoms with Crippen LogP contribution in [0.5, 0.6) is 5.88 Å². The van der Waals surface area contributed by atoms with E-state index in [0.29, 0.717) is 0 Å². The highest BCUT2D eigenvalue weighted by Gasteiger charge is 2.28. The molecule has 0 fully saturated rings. The molecule has 2 aromatic heterocycles.